The van der Waals surface area contributed by atoms with Crippen LogP contribution >= 0.6 is 0 Å². The van der Waals surface area contributed by atoms with Crippen molar-refractivity contribution in [2.45, 2.75) is 13.0 Å². The molecule has 0 saturated carbocycles. The minimum absolute atomic E-state index is 0.104. The normalized spacial score (nSPS) is 12.0. The van der Waals surface area contributed by atoms with Crippen LogP contribution in [0.2, 0.25) is 0 Å². The molecule has 5 nitrogen and oxygen atoms in total. The van der Waals surface area contributed by atoms with Gasteiger partial charge < -0.3 is 5.32 Å². The van der Waals surface area contributed by atoms with Crippen molar-refractivity contribution in [3.8, 4) is 18.0 Å². The van der Waals surface area contributed by atoms with E-state index < -0.39 is 0 Å². The van der Waals surface area contributed by atoms with Crippen molar-refractivity contribution in [3.05, 3.63) is 42.9 Å². The number of nitrogens with zero attached hydrogens (tertiary/aromatic N) is 4. The number of nitrogens with one attached hydrogen (secondary N) is 1. The Morgan fingerprint density at radius 1 is 1.25 bits per heavy atom. The lowest BCUT2D eigenvalue weighted by atomic mass is 10.3. The van der Waals surface area contributed by atoms with Gasteiger partial charge in [-0.3, -0.25) is 0 Å². The summed E-state index contributed by atoms with van der Waals surface area (Å²) in [6.07, 6.45) is 8.64. The first-order chi connectivity index (χ1) is 9.79. The van der Waals surface area contributed by atoms with Crippen LogP contribution in [0.4, 0.5) is 5.82 Å². The first-order valence-electron chi connectivity index (χ1n) is 6.26. The van der Waals surface area contributed by atoms with Gasteiger partial charge in [-0.25, -0.2) is 14.6 Å². The topological polar surface area (TPSA) is 55.6 Å². The van der Waals surface area contributed by atoms with E-state index in [0.29, 0.717) is 5.82 Å². The van der Waals surface area contributed by atoms with Gasteiger partial charge >= 0.3 is 0 Å². The first-order valence-corrected chi connectivity index (χ1v) is 6.26. The summed E-state index contributed by atoms with van der Waals surface area (Å²) in [5.74, 6) is 3.31. The number of fused-ring (bicyclic) bond motifs is 1. The second-order valence-electron chi connectivity index (χ2n) is 4.38. The second kappa shape index (κ2) is 5.02. The Morgan fingerprint density at radius 2 is 2.05 bits per heavy atom. The highest BCUT2D eigenvalue weighted by molar-refractivity contribution is 5.87. The molecular weight excluding hydrogens is 250 g/mol. The summed E-state index contributed by atoms with van der Waals surface area (Å²) in [6, 6.07) is 9.74. The van der Waals surface area contributed by atoms with Crippen molar-refractivity contribution in [2.24, 2.45) is 0 Å². The van der Waals surface area contributed by atoms with Crippen molar-refractivity contribution in [2.75, 3.05) is 5.32 Å². The molecule has 0 amide bonds. The van der Waals surface area contributed by atoms with Crippen LogP contribution in [-0.4, -0.2) is 25.8 Å². The predicted octanol–water partition coefficient (Wildman–Crippen LogP) is 2.25. The largest absolute Gasteiger partial charge is 0.356 e. The fourth-order valence-electron chi connectivity index (χ4n) is 1.96. The van der Waals surface area contributed by atoms with E-state index in [4.69, 9.17) is 6.42 Å². The van der Waals surface area contributed by atoms with E-state index in [9.17, 15) is 0 Å². The third-order valence-corrected chi connectivity index (χ3v) is 2.97. The monoisotopic (exact) mass is 263 g/mol. The molecule has 3 aromatic rings. The van der Waals surface area contributed by atoms with E-state index in [1.54, 1.807) is 10.9 Å². The summed E-state index contributed by atoms with van der Waals surface area (Å²) in [5.41, 5.74) is 1.70. The average Bonchev–Trinajstić information content (AvgIpc) is 2.93. The van der Waals surface area contributed by atoms with Gasteiger partial charge in [0.25, 0.3) is 0 Å². The quantitative estimate of drug-likeness (QED) is 0.736. The van der Waals surface area contributed by atoms with Gasteiger partial charge in [-0.15, -0.1) is 6.42 Å². The number of terminal acetylenes is 1. The van der Waals surface area contributed by atoms with Crippen molar-refractivity contribution < 1.29 is 0 Å². The Kier molecular flexibility index (Phi) is 3.05. The van der Waals surface area contributed by atoms with Gasteiger partial charge in [-0.2, -0.15) is 5.10 Å². The molecule has 5 heteroatoms. The molecule has 0 radical (unpaired) electrons. The highest BCUT2D eigenvalue weighted by atomic mass is 15.3. The van der Waals surface area contributed by atoms with Gasteiger partial charge in [-0.1, -0.05) is 24.1 Å². The van der Waals surface area contributed by atoms with Crippen molar-refractivity contribution in [3.63, 3.8) is 0 Å². The second-order valence-corrected chi connectivity index (χ2v) is 4.38. The third-order valence-electron chi connectivity index (χ3n) is 2.97. The van der Waals surface area contributed by atoms with E-state index in [1.165, 1.54) is 6.33 Å². The minimum Gasteiger partial charge on any atom is -0.356 e. The molecule has 0 saturated heterocycles. The molecule has 0 fully saturated rings. The molecule has 2 heterocycles. The molecule has 0 bridgehead atoms. The number of hydrogen-bond donors (Lipinski definition) is 1. The molecule has 0 spiro atoms. The van der Waals surface area contributed by atoms with Gasteiger partial charge in [0, 0.05) is 0 Å². The summed E-state index contributed by atoms with van der Waals surface area (Å²) in [5, 5.41) is 8.39. The molecule has 20 heavy (non-hydrogen) atoms. The van der Waals surface area contributed by atoms with Gasteiger partial charge in [-0.05, 0) is 19.1 Å². The van der Waals surface area contributed by atoms with E-state index in [1.807, 2.05) is 37.3 Å². The zero-order chi connectivity index (χ0) is 13.9. The highest BCUT2D eigenvalue weighted by Crippen LogP contribution is 2.21. The SMILES string of the molecule is C#CC(C)Nc1ncnc2c1cnn2-c1ccccc1. The molecule has 0 aliphatic carbocycles. The van der Waals surface area contributed by atoms with E-state index in [-0.39, 0.29) is 6.04 Å². The van der Waals surface area contributed by atoms with Crippen molar-refractivity contribution in [1.82, 2.24) is 19.7 Å². The van der Waals surface area contributed by atoms with E-state index >= 15 is 0 Å². The van der Waals surface area contributed by atoms with Gasteiger partial charge in [0.2, 0.25) is 0 Å². The van der Waals surface area contributed by atoms with Crippen LogP contribution in [0.15, 0.2) is 42.9 Å². The van der Waals surface area contributed by atoms with Crippen LogP contribution in [0.25, 0.3) is 16.7 Å². The number of hydrogen-bond acceptors (Lipinski definition) is 4. The maximum absolute atomic E-state index is 5.38. The Hall–Kier alpha value is -2.87. The zero-order valence-electron chi connectivity index (χ0n) is 11.0. The molecule has 98 valence electrons. The van der Waals surface area contributed by atoms with E-state index in [0.717, 1.165) is 16.7 Å². The number of para-hydroxylation sites is 1. The van der Waals surface area contributed by atoms with Crippen LogP contribution in [0.3, 0.4) is 0 Å². The van der Waals surface area contributed by atoms with Crippen LogP contribution in [-0.2, 0) is 0 Å². The van der Waals surface area contributed by atoms with Gasteiger partial charge in [0.15, 0.2) is 5.65 Å². The summed E-state index contributed by atoms with van der Waals surface area (Å²) in [4.78, 5) is 8.54. The smallest absolute Gasteiger partial charge is 0.168 e. The average molecular weight is 263 g/mol. The summed E-state index contributed by atoms with van der Waals surface area (Å²) in [6.45, 7) is 1.90. The molecule has 3 rings (SSSR count). The Balaban J connectivity index is 2.11. The fraction of sp³-hybridized carbons (Fsp3) is 0.133. The maximum atomic E-state index is 5.38. The lowest BCUT2D eigenvalue weighted by molar-refractivity contribution is 0.895. The lowest BCUT2D eigenvalue weighted by Crippen LogP contribution is -2.13. The molecule has 2 aromatic heterocycles. The standard InChI is InChI=1S/C15H13N5/c1-3-11(2)19-14-13-9-18-20(15(13)17-10-16-14)12-7-5-4-6-8-12/h1,4-11H,2H3,(H,16,17,19). The Labute approximate surface area is 116 Å². The first kappa shape index (κ1) is 12.2. The number of anilines is 1. The Bertz CT molecular complexity index is 770. The summed E-state index contributed by atoms with van der Waals surface area (Å²) < 4.78 is 1.78. The number of benzene rings is 1. The van der Waals surface area contributed by atoms with Gasteiger partial charge in [0.05, 0.1) is 23.3 Å². The summed E-state index contributed by atoms with van der Waals surface area (Å²) >= 11 is 0. The van der Waals surface area contributed by atoms with Crippen LogP contribution in [0.5, 0.6) is 0 Å². The third kappa shape index (κ3) is 2.08. The highest BCUT2D eigenvalue weighted by Gasteiger charge is 2.11. The van der Waals surface area contributed by atoms with Crippen LogP contribution in [0.1, 0.15) is 6.92 Å². The number of rotatable bonds is 3. The van der Waals surface area contributed by atoms with Crippen LogP contribution < -0.4 is 5.32 Å². The molecule has 1 unspecified atom stereocenters. The maximum Gasteiger partial charge on any atom is 0.168 e. The molecule has 1 aromatic carbocycles. The minimum atomic E-state index is -0.104. The Morgan fingerprint density at radius 3 is 2.80 bits per heavy atom. The summed E-state index contributed by atoms with van der Waals surface area (Å²) in [7, 11) is 0. The number of aromatic nitrogens is 4. The van der Waals surface area contributed by atoms with Crippen molar-refractivity contribution in [1.29, 1.82) is 0 Å². The van der Waals surface area contributed by atoms with Gasteiger partial charge in [0.1, 0.15) is 12.1 Å². The predicted molar refractivity (Wildman–Crippen MR) is 78.6 cm³/mol. The molecule has 1 N–H and O–H groups in total. The molecule has 0 aliphatic heterocycles. The fourth-order valence-corrected chi connectivity index (χ4v) is 1.96. The molecule has 1 atom stereocenters. The van der Waals surface area contributed by atoms with E-state index in [2.05, 4.69) is 26.3 Å². The molecular formula is C15H13N5. The van der Waals surface area contributed by atoms with Crippen molar-refractivity contribution >= 4 is 16.9 Å². The zero-order valence-corrected chi connectivity index (χ0v) is 11.0. The van der Waals surface area contributed by atoms with Crippen LogP contribution in [0, 0.1) is 12.3 Å². The lowest BCUT2D eigenvalue weighted by Gasteiger charge is -2.08. The molecule has 0 aliphatic rings.